The third-order valence-electron chi connectivity index (χ3n) is 3.22. The van der Waals surface area contributed by atoms with Gasteiger partial charge in [0.1, 0.15) is 0 Å². The van der Waals surface area contributed by atoms with Crippen LogP contribution in [0.1, 0.15) is 33.6 Å². The van der Waals surface area contributed by atoms with Gasteiger partial charge in [-0.15, -0.1) is 0 Å². The summed E-state index contributed by atoms with van der Waals surface area (Å²) in [5, 5.41) is 0. The van der Waals surface area contributed by atoms with Crippen LogP contribution in [0, 0.1) is 5.92 Å². The van der Waals surface area contributed by atoms with E-state index in [1.165, 1.54) is 25.9 Å². The molecule has 2 N–H and O–H groups in total. The number of piperidine rings is 1. The summed E-state index contributed by atoms with van der Waals surface area (Å²) in [7, 11) is 0. The van der Waals surface area contributed by atoms with Gasteiger partial charge in [0, 0.05) is 18.6 Å². The Morgan fingerprint density at radius 2 is 2.25 bits per heavy atom. The van der Waals surface area contributed by atoms with E-state index in [4.69, 9.17) is 5.73 Å². The lowest BCUT2D eigenvalue weighted by atomic mass is 9.93. The lowest BCUT2D eigenvalue weighted by Crippen LogP contribution is -2.48. The average Bonchev–Trinajstić information content (AvgIpc) is 2.08. The van der Waals surface area contributed by atoms with Crippen molar-refractivity contribution in [2.24, 2.45) is 11.7 Å². The monoisotopic (exact) mass is 170 g/mol. The van der Waals surface area contributed by atoms with Gasteiger partial charge in [-0.3, -0.25) is 0 Å². The summed E-state index contributed by atoms with van der Waals surface area (Å²) in [5.41, 5.74) is 5.96. The molecule has 0 aromatic rings. The van der Waals surface area contributed by atoms with Crippen molar-refractivity contribution in [2.75, 3.05) is 13.1 Å². The van der Waals surface area contributed by atoms with Gasteiger partial charge in [0.15, 0.2) is 0 Å². The number of hydrogen-bond acceptors (Lipinski definition) is 2. The van der Waals surface area contributed by atoms with Crippen LogP contribution in [0.3, 0.4) is 0 Å². The maximum Gasteiger partial charge on any atom is 0.00889 e. The van der Waals surface area contributed by atoms with Crippen molar-refractivity contribution in [3.05, 3.63) is 0 Å². The fourth-order valence-electron chi connectivity index (χ4n) is 1.85. The van der Waals surface area contributed by atoms with Crippen molar-refractivity contribution in [3.8, 4) is 0 Å². The molecule has 0 aliphatic carbocycles. The Morgan fingerprint density at radius 3 is 2.75 bits per heavy atom. The highest BCUT2D eigenvalue weighted by molar-refractivity contribution is 4.82. The number of likely N-dealkylation sites (tertiary alicyclic amines) is 1. The largest absolute Gasteiger partial charge is 0.327 e. The predicted molar refractivity (Wildman–Crippen MR) is 53.1 cm³/mol. The zero-order chi connectivity index (χ0) is 9.14. The number of nitrogens with two attached hydrogens (primary N) is 1. The van der Waals surface area contributed by atoms with Crippen LogP contribution in [0.4, 0.5) is 0 Å². The van der Waals surface area contributed by atoms with Crippen molar-refractivity contribution >= 4 is 0 Å². The lowest BCUT2D eigenvalue weighted by molar-refractivity contribution is 0.121. The smallest absolute Gasteiger partial charge is 0.00889 e. The molecule has 12 heavy (non-hydrogen) atoms. The van der Waals surface area contributed by atoms with Gasteiger partial charge in [0.25, 0.3) is 0 Å². The molecular weight excluding hydrogens is 148 g/mol. The zero-order valence-electron chi connectivity index (χ0n) is 8.59. The first-order chi connectivity index (χ1) is 5.65. The van der Waals surface area contributed by atoms with Crippen LogP contribution in [0.2, 0.25) is 0 Å². The van der Waals surface area contributed by atoms with Crippen LogP contribution in [0.5, 0.6) is 0 Å². The second kappa shape index (κ2) is 4.24. The maximum absolute atomic E-state index is 5.96. The molecule has 2 heteroatoms. The highest BCUT2D eigenvalue weighted by Crippen LogP contribution is 2.17. The summed E-state index contributed by atoms with van der Waals surface area (Å²) >= 11 is 0. The Morgan fingerprint density at radius 1 is 1.58 bits per heavy atom. The molecule has 0 amide bonds. The first kappa shape index (κ1) is 10.0. The summed E-state index contributed by atoms with van der Waals surface area (Å²) in [6, 6.07) is 1.17. The van der Waals surface area contributed by atoms with E-state index in [1.807, 2.05) is 0 Å². The number of nitrogens with zero attached hydrogens (tertiary/aromatic N) is 1. The van der Waals surface area contributed by atoms with E-state index < -0.39 is 0 Å². The molecule has 2 nitrogen and oxygen atoms in total. The second-order valence-corrected chi connectivity index (χ2v) is 4.18. The molecule has 1 heterocycles. The summed E-state index contributed by atoms with van der Waals surface area (Å²) in [5.74, 6) is 0.674. The Bertz CT molecular complexity index is 136. The van der Waals surface area contributed by atoms with Crippen LogP contribution in [-0.4, -0.2) is 30.1 Å². The normalized spacial score (nSPS) is 35.0. The fourth-order valence-corrected chi connectivity index (χ4v) is 1.85. The lowest BCUT2D eigenvalue weighted by Gasteiger charge is -2.38. The third-order valence-corrected chi connectivity index (χ3v) is 3.22. The van der Waals surface area contributed by atoms with E-state index in [-0.39, 0.29) is 0 Å². The van der Waals surface area contributed by atoms with Gasteiger partial charge >= 0.3 is 0 Å². The predicted octanol–water partition coefficient (Wildman–Crippen LogP) is 1.45. The molecule has 72 valence electrons. The molecule has 0 spiro atoms. The van der Waals surface area contributed by atoms with Gasteiger partial charge in [-0.2, -0.15) is 0 Å². The molecule has 0 bridgehead atoms. The molecule has 3 unspecified atom stereocenters. The average molecular weight is 170 g/mol. The SMILES string of the molecule is CCC(C)N1CCC(N)C(C)C1. The molecule has 0 saturated carbocycles. The Kier molecular flexibility index (Phi) is 3.53. The second-order valence-electron chi connectivity index (χ2n) is 4.18. The van der Waals surface area contributed by atoms with Crippen LogP contribution in [0.15, 0.2) is 0 Å². The highest BCUT2D eigenvalue weighted by atomic mass is 15.2. The van der Waals surface area contributed by atoms with Gasteiger partial charge in [-0.25, -0.2) is 0 Å². The van der Waals surface area contributed by atoms with Gasteiger partial charge in [0.2, 0.25) is 0 Å². The molecule has 1 saturated heterocycles. The molecule has 1 aliphatic heterocycles. The molecule has 1 rings (SSSR count). The van der Waals surface area contributed by atoms with Crippen molar-refractivity contribution in [3.63, 3.8) is 0 Å². The number of hydrogen-bond donors (Lipinski definition) is 1. The minimum Gasteiger partial charge on any atom is -0.327 e. The van der Waals surface area contributed by atoms with Crippen LogP contribution in [-0.2, 0) is 0 Å². The summed E-state index contributed by atoms with van der Waals surface area (Å²) in [6.45, 7) is 9.21. The van der Waals surface area contributed by atoms with E-state index in [0.29, 0.717) is 12.0 Å². The van der Waals surface area contributed by atoms with E-state index in [1.54, 1.807) is 0 Å². The number of rotatable bonds is 2. The molecular formula is C10H22N2. The van der Waals surface area contributed by atoms with E-state index in [9.17, 15) is 0 Å². The van der Waals surface area contributed by atoms with E-state index >= 15 is 0 Å². The molecule has 0 aromatic carbocycles. The molecule has 0 radical (unpaired) electrons. The van der Waals surface area contributed by atoms with Gasteiger partial charge < -0.3 is 10.6 Å². The van der Waals surface area contributed by atoms with Crippen molar-refractivity contribution < 1.29 is 0 Å². The fraction of sp³-hybridized carbons (Fsp3) is 1.00. The quantitative estimate of drug-likeness (QED) is 0.679. The Labute approximate surface area is 76.1 Å². The topological polar surface area (TPSA) is 29.3 Å². The van der Waals surface area contributed by atoms with Crippen LogP contribution < -0.4 is 5.73 Å². The van der Waals surface area contributed by atoms with Crippen molar-refractivity contribution in [2.45, 2.75) is 45.7 Å². The third kappa shape index (κ3) is 2.20. The first-order valence-corrected chi connectivity index (χ1v) is 5.14. The van der Waals surface area contributed by atoms with Crippen LogP contribution >= 0.6 is 0 Å². The van der Waals surface area contributed by atoms with Gasteiger partial charge in [0.05, 0.1) is 0 Å². The van der Waals surface area contributed by atoms with Gasteiger partial charge in [-0.1, -0.05) is 13.8 Å². The van der Waals surface area contributed by atoms with E-state index in [0.717, 1.165) is 6.04 Å². The minimum atomic E-state index is 0.435. The Hall–Kier alpha value is -0.0800. The standard InChI is InChI=1S/C10H22N2/c1-4-9(3)12-6-5-10(11)8(2)7-12/h8-10H,4-7,11H2,1-3H3. The summed E-state index contributed by atoms with van der Waals surface area (Å²) in [6.07, 6.45) is 2.42. The maximum atomic E-state index is 5.96. The zero-order valence-corrected chi connectivity index (χ0v) is 8.59. The molecule has 1 fully saturated rings. The van der Waals surface area contributed by atoms with Crippen LogP contribution in [0.25, 0.3) is 0 Å². The molecule has 1 aliphatic rings. The Balaban J connectivity index is 2.39. The first-order valence-electron chi connectivity index (χ1n) is 5.14. The summed E-state index contributed by atoms with van der Waals surface area (Å²) < 4.78 is 0. The van der Waals surface area contributed by atoms with Gasteiger partial charge in [-0.05, 0) is 32.2 Å². The highest BCUT2D eigenvalue weighted by Gasteiger charge is 2.24. The molecule has 3 atom stereocenters. The molecule has 0 aromatic heterocycles. The minimum absolute atomic E-state index is 0.435. The van der Waals surface area contributed by atoms with Crippen molar-refractivity contribution in [1.82, 2.24) is 4.90 Å². The van der Waals surface area contributed by atoms with E-state index in [2.05, 4.69) is 25.7 Å². The van der Waals surface area contributed by atoms with Crippen molar-refractivity contribution in [1.29, 1.82) is 0 Å². The summed E-state index contributed by atoms with van der Waals surface area (Å²) in [4.78, 5) is 2.56.